The van der Waals surface area contributed by atoms with Crippen LogP contribution in [0.3, 0.4) is 0 Å². The zero-order chi connectivity index (χ0) is 13.7. The molecule has 0 spiro atoms. The Hall–Kier alpha value is -1.89. The minimum Gasteiger partial charge on any atom is -0.383 e. The third kappa shape index (κ3) is 3.78. The van der Waals surface area contributed by atoms with Crippen LogP contribution in [0, 0.1) is 0 Å². The van der Waals surface area contributed by atoms with E-state index in [1.54, 1.807) is 24.1 Å². The highest BCUT2D eigenvalue weighted by atomic mass is 16.5. The molecule has 0 aromatic carbocycles. The zero-order valence-electron chi connectivity index (χ0n) is 10.9. The molecule has 0 unspecified atom stereocenters. The first-order chi connectivity index (χ1) is 9.22. The van der Waals surface area contributed by atoms with E-state index in [0.29, 0.717) is 19.2 Å². The quantitative estimate of drug-likeness (QED) is 0.665. The fourth-order valence-corrected chi connectivity index (χ4v) is 1.71. The number of ether oxygens (including phenoxy) is 1. The van der Waals surface area contributed by atoms with Gasteiger partial charge < -0.3 is 19.9 Å². The van der Waals surface area contributed by atoms with Crippen molar-refractivity contribution in [3.05, 3.63) is 22.7 Å². The number of anilines is 1. The fourth-order valence-electron chi connectivity index (χ4n) is 1.71. The Balaban J connectivity index is 1.87. The zero-order valence-corrected chi connectivity index (χ0v) is 10.9. The standard InChI is InChI=1S/C12H18N4O3/c1-19-7-5-13-10(17)8-15-11-12(18)16(6-4-14-11)9-2-3-9/h4,6,9H,2-3,5,7-8H2,1H3,(H,13,17)(H,14,15). The van der Waals surface area contributed by atoms with Gasteiger partial charge in [-0.05, 0) is 12.8 Å². The Morgan fingerprint density at radius 2 is 2.37 bits per heavy atom. The maximum absolute atomic E-state index is 12.0. The molecule has 2 rings (SSSR count). The molecule has 0 radical (unpaired) electrons. The van der Waals surface area contributed by atoms with Crippen LogP contribution in [0.4, 0.5) is 5.82 Å². The van der Waals surface area contributed by atoms with Crippen molar-refractivity contribution in [3.63, 3.8) is 0 Å². The van der Waals surface area contributed by atoms with Crippen LogP contribution in [0.2, 0.25) is 0 Å². The smallest absolute Gasteiger partial charge is 0.293 e. The van der Waals surface area contributed by atoms with Crippen LogP contribution >= 0.6 is 0 Å². The summed E-state index contributed by atoms with van der Waals surface area (Å²) in [5, 5.41) is 5.43. The number of carbonyl (C=O) groups is 1. The van der Waals surface area contributed by atoms with E-state index < -0.39 is 0 Å². The summed E-state index contributed by atoms with van der Waals surface area (Å²) >= 11 is 0. The van der Waals surface area contributed by atoms with Gasteiger partial charge in [-0.15, -0.1) is 0 Å². The lowest BCUT2D eigenvalue weighted by Crippen LogP contribution is -2.34. The Labute approximate surface area is 111 Å². The highest BCUT2D eigenvalue weighted by molar-refractivity contribution is 5.80. The largest absolute Gasteiger partial charge is 0.383 e. The summed E-state index contributed by atoms with van der Waals surface area (Å²) in [6, 6.07) is 0.298. The number of amides is 1. The lowest BCUT2D eigenvalue weighted by Gasteiger charge is -2.08. The molecule has 104 valence electrons. The highest BCUT2D eigenvalue weighted by Gasteiger charge is 2.25. The second-order valence-corrected chi connectivity index (χ2v) is 4.42. The molecule has 0 aliphatic heterocycles. The Bertz CT molecular complexity index is 496. The fraction of sp³-hybridized carbons (Fsp3) is 0.583. The molecule has 0 bridgehead atoms. The number of nitrogens with zero attached hydrogens (tertiary/aromatic N) is 2. The van der Waals surface area contributed by atoms with Crippen LogP contribution in [-0.2, 0) is 9.53 Å². The SMILES string of the molecule is COCCNC(=O)CNc1nccn(C2CC2)c1=O. The summed E-state index contributed by atoms with van der Waals surface area (Å²) in [7, 11) is 1.57. The minimum atomic E-state index is -0.194. The van der Waals surface area contributed by atoms with Crippen molar-refractivity contribution in [2.24, 2.45) is 0 Å². The van der Waals surface area contributed by atoms with Gasteiger partial charge in [0.05, 0.1) is 13.2 Å². The van der Waals surface area contributed by atoms with E-state index in [9.17, 15) is 9.59 Å². The van der Waals surface area contributed by atoms with Gasteiger partial charge in [-0.2, -0.15) is 0 Å². The number of carbonyl (C=O) groups excluding carboxylic acids is 1. The summed E-state index contributed by atoms with van der Waals surface area (Å²) < 4.78 is 6.49. The van der Waals surface area contributed by atoms with Crippen LogP contribution in [0.5, 0.6) is 0 Å². The van der Waals surface area contributed by atoms with Gasteiger partial charge in [0.1, 0.15) is 0 Å². The number of hydrogen-bond donors (Lipinski definition) is 2. The van der Waals surface area contributed by atoms with E-state index in [-0.39, 0.29) is 23.8 Å². The average molecular weight is 266 g/mol. The van der Waals surface area contributed by atoms with Crippen molar-refractivity contribution < 1.29 is 9.53 Å². The summed E-state index contributed by atoms with van der Waals surface area (Å²) in [6.45, 7) is 0.940. The van der Waals surface area contributed by atoms with Crippen molar-refractivity contribution in [2.75, 3.05) is 32.1 Å². The van der Waals surface area contributed by atoms with E-state index >= 15 is 0 Å². The van der Waals surface area contributed by atoms with Crippen LogP contribution in [0.1, 0.15) is 18.9 Å². The van der Waals surface area contributed by atoms with Gasteiger partial charge in [-0.3, -0.25) is 9.59 Å². The number of rotatable bonds is 7. The van der Waals surface area contributed by atoms with Gasteiger partial charge in [-0.25, -0.2) is 4.98 Å². The monoisotopic (exact) mass is 266 g/mol. The molecule has 2 N–H and O–H groups in total. The van der Waals surface area contributed by atoms with Crippen LogP contribution in [0.15, 0.2) is 17.2 Å². The highest BCUT2D eigenvalue weighted by Crippen LogP contribution is 2.33. The Morgan fingerprint density at radius 3 is 3.05 bits per heavy atom. The molecule has 1 amide bonds. The second kappa shape index (κ2) is 6.33. The third-order valence-corrected chi connectivity index (χ3v) is 2.85. The molecule has 1 fully saturated rings. The van der Waals surface area contributed by atoms with Gasteiger partial charge in [0, 0.05) is 32.1 Å². The Kier molecular flexibility index (Phi) is 4.51. The molecular weight excluding hydrogens is 248 g/mol. The van der Waals surface area contributed by atoms with Crippen molar-refractivity contribution in [2.45, 2.75) is 18.9 Å². The third-order valence-electron chi connectivity index (χ3n) is 2.85. The maximum atomic E-state index is 12.0. The lowest BCUT2D eigenvalue weighted by molar-refractivity contribution is -0.119. The van der Waals surface area contributed by atoms with E-state index in [1.807, 2.05) is 0 Å². The molecule has 0 atom stereocenters. The second-order valence-electron chi connectivity index (χ2n) is 4.42. The lowest BCUT2D eigenvalue weighted by atomic mass is 10.5. The van der Waals surface area contributed by atoms with Crippen molar-refractivity contribution in [1.82, 2.24) is 14.9 Å². The molecule has 1 aromatic rings. The van der Waals surface area contributed by atoms with Gasteiger partial charge in [0.25, 0.3) is 5.56 Å². The molecule has 0 saturated heterocycles. The first-order valence-electron chi connectivity index (χ1n) is 6.29. The molecule has 19 heavy (non-hydrogen) atoms. The predicted octanol–water partition coefficient (Wildman–Crippen LogP) is -0.247. The molecule has 7 nitrogen and oxygen atoms in total. The van der Waals surface area contributed by atoms with Crippen molar-refractivity contribution >= 4 is 11.7 Å². The molecule has 1 aliphatic rings. The van der Waals surface area contributed by atoms with Crippen LogP contribution < -0.4 is 16.2 Å². The first kappa shape index (κ1) is 13.5. The molecule has 1 heterocycles. The van der Waals surface area contributed by atoms with E-state index in [0.717, 1.165) is 12.8 Å². The van der Waals surface area contributed by atoms with Gasteiger partial charge in [-0.1, -0.05) is 0 Å². The topological polar surface area (TPSA) is 85.2 Å². The summed E-state index contributed by atoms with van der Waals surface area (Å²) in [5.41, 5.74) is -0.172. The number of nitrogens with one attached hydrogen (secondary N) is 2. The van der Waals surface area contributed by atoms with Crippen LogP contribution in [0.25, 0.3) is 0 Å². The van der Waals surface area contributed by atoms with Gasteiger partial charge in [0.2, 0.25) is 5.91 Å². The maximum Gasteiger partial charge on any atom is 0.293 e. The summed E-state index contributed by atoms with van der Waals surface area (Å²) in [4.78, 5) is 27.4. The van der Waals surface area contributed by atoms with E-state index in [4.69, 9.17) is 4.74 Å². The Morgan fingerprint density at radius 1 is 1.58 bits per heavy atom. The van der Waals surface area contributed by atoms with Crippen LogP contribution in [-0.4, -0.2) is 42.3 Å². The number of hydrogen-bond acceptors (Lipinski definition) is 5. The van der Waals surface area contributed by atoms with Gasteiger partial charge in [0.15, 0.2) is 5.82 Å². The molecular formula is C12H18N4O3. The predicted molar refractivity (Wildman–Crippen MR) is 70.1 cm³/mol. The van der Waals surface area contributed by atoms with Crippen molar-refractivity contribution in [1.29, 1.82) is 0 Å². The first-order valence-corrected chi connectivity index (χ1v) is 6.29. The molecule has 1 saturated carbocycles. The minimum absolute atomic E-state index is 0.0284. The number of aromatic nitrogens is 2. The van der Waals surface area contributed by atoms with E-state index in [1.165, 1.54) is 0 Å². The van der Waals surface area contributed by atoms with Crippen molar-refractivity contribution in [3.8, 4) is 0 Å². The summed E-state index contributed by atoms with van der Waals surface area (Å²) in [6.07, 6.45) is 5.32. The summed E-state index contributed by atoms with van der Waals surface area (Å²) in [5.74, 6) is 0.0244. The average Bonchev–Trinajstić information content (AvgIpc) is 3.22. The van der Waals surface area contributed by atoms with Gasteiger partial charge >= 0.3 is 0 Å². The van der Waals surface area contributed by atoms with E-state index in [2.05, 4.69) is 15.6 Å². The molecule has 7 heteroatoms. The normalized spacial score (nSPS) is 14.2. The molecule has 1 aromatic heterocycles. The number of methoxy groups -OCH3 is 1. The molecule has 1 aliphatic carbocycles.